The molecule has 3 aromatic carbocycles. The van der Waals surface area contributed by atoms with Crippen LogP contribution in [0.1, 0.15) is 10.5 Å². The molecule has 5 heteroatoms. The van der Waals surface area contributed by atoms with E-state index in [4.69, 9.17) is 0 Å². The van der Waals surface area contributed by atoms with Gasteiger partial charge in [0.2, 0.25) is 0 Å². The summed E-state index contributed by atoms with van der Waals surface area (Å²) in [6.45, 7) is 0. The average Bonchev–Trinajstić information content (AvgIpc) is 3.28. The Kier molecular flexibility index (Phi) is 3.84. The topological polar surface area (TPSA) is 59.8 Å². The Bertz CT molecular complexity index is 1310. The molecule has 2 heterocycles. The Morgan fingerprint density at radius 2 is 1.64 bits per heavy atom. The minimum absolute atomic E-state index is 0.234. The summed E-state index contributed by atoms with van der Waals surface area (Å²) in [5.41, 5.74) is 2.89. The molecule has 0 bridgehead atoms. The maximum absolute atomic E-state index is 12.8. The molecule has 0 unspecified atom stereocenters. The quantitative estimate of drug-likeness (QED) is 0.499. The van der Waals surface area contributed by atoms with E-state index >= 15 is 0 Å². The minimum atomic E-state index is -0.234. The zero-order valence-corrected chi connectivity index (χ0v) is 14.9. The molecule has 0 fully saturated rings. The molecule has 1 amide bonds. The van der Waals surface area contributed by atoms with Gasteiger partial charge in [-0.25, -0.2) is 9.67 Å². The van der Waals surface area contributed by atoms with Crippen LogP contribution in [0.15, 0.2) is 91.3 Å². The number of rotatable bonds is 3. The Balaban J connectivity index is 1.54. The fourth-order valence-electron chi connectivity index (χ4n) is 3.38. The normalized spacial score (nSPS) is 11.0. The van der Waals surface area contributed by atoms with Crippen molar-refractivity contribution in [2.75, 3.05) is 5.32 Å². The zero-order valence-electron chi connectivity index (χ0n) is 14.9. The van der Waals surface area contributed by atoms with E-state index in [1.54, 1.807) is 12.3 Å². The van der Waals surface area contributed by atoms with Crippen LogP contribution in [0, 0.1) is 0 Å². The van der Waals surface area contributed by atoms with Crippen molar-refractivity contribution in [3.05, 3.63) is 97.0 Å². The van der Waals surface area contributed by atoms with E-state index in [0.717, 1.165) is 33.1 Å². The van der Waals surface area contributed by atoms with Crippen LogP contribution in [0.3, 0.4) is 0 Å². The highest BCUT2D eigenvalue weighted by molar-refractivity contribution is 6.10. The molecular weight excluding hydrogens is 348 g/mol. The number of hydrogen-bond donors (Lipinski definition) is 1. The third kappa shape index (κ3) is 2.79. The first-order valence-electron chi connectivity index (χ1n) is 8.98. The Morgan fingerprint density at radius 1 is 0.821 bits per heavy atom. The summed E-state index contributed by atoms with van der Waals surface area (Å²) < 4.78 is 1.82. The largest absolute Gasteiger partial charge is 0.320 e. The van der Waals surface area contributed by atoms with Gasteiger partial charge in [0, 0.05) is 34.2 Å². The van der Waals surface area contributed by atoms with Crippen molar-refractivity contribution in [3.8, 4) is 5.69 Å². The van der Waals surface area contributed by atoms with Crippen LogP contribution in [-0.4, -0.2) is 20.7 Å². The standard InChI is InChI=1S/C23H16N4O/c28-23(21-11-10-16-6-1-4-9-19(16)25-21)26-20-12-13-22(27-15-5-14-24-27)18-8-3-2-7-17(18)20/h1-15H,(H,26,28). The molecule has 2 aromatic heterocycles. The van der Waals surface area contributed by atoms with Gasteiger partial charge in [0.1, 0.15) is 5.69 Å². The number of carbonyl (C=O) groups excluding carboxylic acids is 1. The van der Waals surface area contributed by atoms with Gasteiger partial charge < -0.3 is 5.32 Å². The summed E-state index contributed by atoms with van der Waals surface area (Å²) in [5.74, 6) is -0.234. The van der Waals surface area contributed by atoms with Gasteiger partial charge in [-0.2, -0.15) is 5.10 Å². The predicted octanol–water partition coefficient (Wildman–Crippen LogP) is 4.83. The van der Waals surface area contributed by atoms with E-state index < -0.39 is 0 Å². The van der Waals surface area contributed by atoms with E-state index in [0.29, 0.717) is 5.69 Å². The van der Waals surface area contributed by atoms with E-state index in [1.807, 2.05) is 83.7 Å². The number of pyridine rings is 1. The van der Waals surface area contributed by atoms with Crippen molar-refractivity contribution in [3.63, 3.8) is 0 Å². The van der Waals surface area contributed by atoms with Crippen LogP contribution in [0.2, 0.25) is 0 Å². The lowest BCUT2D eigenvalue weighted by molar-refractivity contribution is 0.102. The first-order valence-corrected chi connectivity index (χ1v) is 8.98. The third-order valence-electron chi connectivity index (χ3n) is 4.73. The molecule has 0 aliphatic rings. The van der Waals surface area contributed by atoms with Crippen LogP contribution in [0.25, 0.3) is 27.4 Å². The summed E-state index contributed by atoms with van der Waals surface area (Å²) >= 11 is 0. The smallest absolute Gasteiger partial charge is 0.274 e. The van der Waals surface area contributed by atoms with E-state index in [-0.39, 0.29) is 5.91 Å². The molecule has 0 aliphatic carbocycles. The van der Waals surface area contributed by atoms with Gasteiger partial charge in [0.05, 0.1) is 11.2 Å². The molecule has 134 valence electrons. The molecule has 0 atom stereocenters. The van der Waals surface area contributed by atoms with Crippen molar-refractivity contribution in [2.24, 2.45) is 0 Å². The molecule has 0 spiro atoms. The van der Waals surface area contributed by atoms with Gasteiger partial charge in [0.25, 0.3) is 5.91 Å². The van der Waals surface area contributed by atoms with Crippen LogP contribution >= 0.6 is 0 Å². The van der Waals surface area contributed by atoms with Crippen molar-refractivity contribution in [1.82, 2.24) is 14.8 Å². The second-order valence-corrected chi connectivity index (χ2v) is 6.47. The van der Waals surface area contributed by atoms with E-state index in [1.165, 1.54) is 0 Å². The fraction of sp³-hybridized carbons (Fsp3) is 0. The number of para-hydroxylation sites is 1. The molecular formula is C23H16N4O. The number of fused-ring (bicyclic) bond motifs is 2. The molecule has 5 rings (SSSR count). The molecule has 5 nitrogen and oxygen atoms in total. The van der Waals surface area contributed by atoms with Crippen molar-refractivity contribution in [1.29, 1.82) is 0 Å². The maximum atomic E-state index is 12.8. The molecule has 1 N–H and O–H groups in total. The van der Waals surface area contributed by atoms with E-state index in [9.17, 15) is 4.79 Å². The van der Waals surface area contributed by atoms with Gasteiger partial charge in [-0.3, -0.25) is 4.79 Å². The lowest BCUT2D eigenvalue weighted by atomic mass is 10.1. The number of amides is 1. The van der Waals surface area contributed by atoms with Crippen LogP contribution in [0.4, 0.5) is 5.69 Å². The molecule has 0 saturated heterocycles. The SMILES string of the molecule is O=C(Nc1ccc(-n2cccn2)c2ccccc12)c1ccc2ccccc2n1. The maximum Gasteiger partial charge on any atom is 0.274 e. The number of benzene rings is 3. The fourth-order valence-corrected chi connectivity index (χ4v) is 3.38. The monoisotopic (exact) mass is 364 g/mol. The van der Waals surface area contributed by atoms with Gasteiger partial charge in [-0.1, -0.05) is 48.5 Å². The first-order chi connectivity index (χ1) is 13.8. The summed E-state index contributed by atoms with van der Waals surface area (Å²) in [5, 5.41) is 10.3. The number of nitrogens with one attached hydrogen (secondary N) is 1. The van der Waals surface area contributed by atoms with E-state index in [2.05, 4.69) is 15.4 Å². The van der Waals surface area contributed by atoms with Crippen molar-refractivity contribution >= 4 is 33.3 Å². The highest BCUT2D eigenvalue weighted by atomic mass is 16.1. The summed E-state index contributed by atoms with van der Waals surface area (Å²) in [6, 6.07) is 25.1. The lowest BCUT2D eigenvalue weighted by Crippen LogP contribution is -2.14. The Hall–Kier alpha value is -3.99. The molecule has 5 aromatic rings. The zero-order chi connectivity index (χ0) is 18.9. The van der Waals surface area contributed by atoms with Crippen molar-refractivity contribution < 1.29 is 4.79 Å². The highest BCUT2D eigenvalue weighted by Crippen LogP contribution is 2.29. The number of hydrogen-bond acceptors (Lipinski definition) is 3. The molecule has 28 heavy (non-hydrogen) atoms. The molecule has 0 radical (unpaired) electrons. The number of nitrogens with zero attached hydrogens (tertiary/aromatic N) is 3. The Labute approximate surface area is 161 Å². The molecule has 0 saturated carbocycles. The first kappa shape index (κ1) is 16.2. The minimum Gasteiger partial charge on any atom is -0.320 e. The summed E-state index contributed by atoms with van der Waals surface area (Å²) in [6.07, 6.45) is 3.65. The number of carbonyl (C=O) groups is 1. The van der Waals surface area contributed by atoms with Crippen LogP contribution < -0.4 is 5.32 Å². The molecule has 0 aliphatic heterocycles. The van der Waals surface area contributed by atoms with Gasteiger partial charge >= 0.3 is 0 Å². The second kappa shape index (κ2) is 6.63. The number of anilines is 1. The summed E-state index contributed by atoms with van der Waals surface area (Å²) in [4.78, 5) is 17.3. The van der Waals surface area contributed by atoms with Crippen LogP contribution in [0.5, 0.6) is 0 Å². The summed E-state index contributed by atoms with van der Waals surface area (Å²) in [7, 11) is 0. The third-order valence-corrected chi connectivity index (χ3v) is 4.73. The van der Waals surface area contributed by atoms with Gasteiger partial charge in [0.15, 0.2) is 0 Å². The highest BCUT2D eigenvalue weighted by Gasteiger charge is 2.12. The van der Waals surface area contributed by atoms with Crippen molar-refractivity contribution in [2.45, 2.75) is 0 Å². The Morgan fingerprint density at radius 3 is 2.50 bits per heavy atom. The van der Waals surface area contributed by atoms with Gasteiger partial charge in [-0.15, -0.1) is 0 Å². The number of aromatic nitrogens is 3. The second-order valence-electron chi connectivity index (χ2n) is 6.47. The predicted molar refractivity (Wildman–Crippen MR) is 111 cm³/mol. The lowest BCUT2D eigenvalue weighted by Gasteiger charge is -2.12. The van der Waals surface area contributed by atoms with Gasteiger partial charge in [-0.05, 0) is 30.3 Å². The van der Waals surface area contributed by atoms with Crippen LogP contribution in [-0.2, 0) is 0 Å². The average molecular weight is 364 g/mol.